The van der Waals surface area contributed by atoms with Crippen molar-refractivity contribution >= 4 is 5.91 Å². The van der Waals surface area contributed by atoms with Gasteiger partial charge in [0.25, 0.3) is 0 Å². The molecule has 0 saturated carbocycles. The van der Waals surface area contributed by atoms with Crippen LogP contribution in [-0.4, -0.2) is 12.5 Å². The van der Waals surface area contributed by atoms with E-state index in [4.69, 9.17) is 0 Å². The lowest BCUT2D eigenvalue weighted by Crippen LogP contribution is -2.27. The van der Waals surface area contributed by atoms with E-state index in [0.29, 0.717) is 6.54 Å². The number of hydrogen-bond acceptors (Lipinski definition) is 1. The summed E-state index contributed by atoms with van der Waals surface area (Å²) in [5.74, 6) is 0.0394. The Balaban J connectivity index is 2.73. The molecule has 0 spiro atoms. The van der Waals surface area contributed by atoms with Crippen molar-refractivity contribution in [3.05, 3.63) is 35.4 Å². The summed E-state index contributed by atoms with van der Waals surface area (Å²) in [6.45, 7) is 6.69. The maximum Gasteiger partial charge on any atom is 0.227 e. The molecule has 0 saturated heterocycles. The van der Waals surface area contributed by atoms with Gasteiger partial charge < -0.3 is 5.32 Å². The zero-order valence-electron chi connectivity index (χ0n) is 9.71. The molecule has 0 aliphatic carbocycles. The number of carbonyl (C=O) groups is 1. The molecule has 1 N–H and O–H groups in total. The van der Waals surface area contributed by atoms with Crippen LogP contribution >= 0.6 is 0 Å². The maximum atomic E-state index is 11.6. The van der Waals surface area contributed by atoms with Crippen LogP contribution in [0.25, 0.3) is 0 Å². The molecule has 2 heteroatoms. The highest BCUT2D eigenvalue weighted by Gasteiger charge is 2.13. The quantitative estimate of drug-likeness (QED) is 0.804. The predicted octanol–water partition coefficient (Wildman–Crippen LogP) is 2.49. The zero-order valence-corrected chi connectivity index (χ0v) is 9.71. The molecule has 82 valence electrons. The second kappa shape index (κ2) is 5.54. The lowest BCUT2D eigenvalue weighted by molar-refractivity contribution is -0.122. The van der Waals surface area contributed by atoms with Gasteiger partial charge in [0.15, 0.2) is 0 Å². The van der Waals surface area contributed by atoms with Gasteiger partial charge in [0.2, 0.25) is 5.91 Å². The Hall–Kier alpha value is -1.31. The fourth-order valence-corrected chi connectivity index (χ4v) is 1.52. The normalized spacial score (nSPS) is 12.2. The number of aryl methyl sites for hydroxylation is 1. The average molecular weight is 205 g/mol. The van der Waals surface area contributed by atoms with Gasteiger partial charge in [-0.1, -0.05) is 31.2 Å². The van der Waals surface area contributed by atoms with E-state index in [1.54, 1.807) is 0 Å². The first-order valence-corrected chi connectivity index (χ1v) is 5.55. The van der Waals surface area contributed by atoms with Gasteiger partial charge in [-0.15, -0.1) is 0 Å². The first-order valence-electron chi connectivity index (χ1n) is 5.55. The Morgan fingerprint density at radius 3 is 2.33 bits per heavy atom. The van der Waals surface area contributed by atoms with Gasteiger partial charge in [-0.25, -0.2) is 0 Å². The summed E-state index contributed by atoms with van der Waals surface area (Å²) in [6, 6.07) is 8.26. The van der Waals surface area contributed by atoms with E-state index in [0.717, 1.165) is 12.0 Å². The van der Waals surface area contributed by atoms with E-state index in [2.05, 4.69) is 24.4 Å². The SMILES string of the molecule is CCNC(=O)C(C)c1ccc(CC)cc1. The van der Waals surface area contributed by atoms with E-state index in [9.17, 15) is 4.79 Å². The molecule has 15 heavy (non-hydrogen) atoms. The minimum absolute atomic E-state index is 0.0594. The molecule has 1 rings (SSSR count). The van der Waals surface area contributed by atoms with Crippen LogP contribution < -0.4 is 5.32 Å². The van der Waals surface area contributed by atoms with E-state index in [1.807, 2.05) is 26.0 Å². The Morgan fingerprint density at radius 2 is 1.87 bits per heavy atom. The molecule has 0 radical (unpaired) electrons. The second-order valence-corrected chi connectivity index (χ2v) is 3.71. The van der Waals surface area contributed by atoms with E-state index >= 15 is 0 Å². The summed E-state index contributed by atoms with van der Waals surface area (Å²) >= 11 is 0. The largest absolute Gasteiger partial charge is 0.356 e. The van der Waals surface area contributed by atoms with Gasteiger partial charge in [0.05, 0.1) is 5.92 Å². The standard InChI is InChI=1S/C13H19NO/c1-4-11-6-8-12(9-7-11)10(3)13(15)14-5-2/h6-10H,4-5H2,1-3H3,(H,14,15). The van der Waals surface area contributed by atoms with Gasteiger partial charge >= 0.3 is 0 Å². The number of amides is 1. The first-order chi connectivity index (χ1) is 7.19. The Bertz CT molecular complexity index is 316. The molecule has 0 aliphatic rings. The smallest absolute Gasteiger partial charge is 0.227 e. The van der Waals surface area contributed by atoms with Gasteiger partial charge in [-0.2, -0.15) is 0 Å². The topological polar surface area (TPSA) is 29.1 Å². The fraction of sp³-hybridized carbons (Fsp3) is 0.462. The van der Waals surface area contributed by atoms with Crippen LogP contribution in [0.1, 0.15) is 37.8 Å². The molecule has 1 atom stereocenters. The molecule has 0 aromatic heterocycles. The highest BCUT2D eigenvalue weighted by Crippen LogP contribution is 2.16. The highest BCUT2D eigenvalue weighted by atomic mass is 16.1. The molecular formula is C13H19NO. The van der Waals surface area contributed by atoms with Gasteiger partial charge in [0, 0.05) is 6.54 Å². The third-order valence-electron chi connectivity index (χ3n) is 2.63. The molecule has 1 aromatic rings. The highest BCUT2D eigenvalue weighted by molar-refractivity contribution is 5.83. The van der Waals surface area contributed by atoms with Gasteiger partial charge in [-0.3, -0.25) is 4.79 Å². The summed E-state index contributed by atoms with van der Waals surface area (Å²) in [7, 11) is 0. The molecule has 0 fully saturated rings. The number of hydrogen-bond donors (Lipinski definition) is 1. The summed E-state index contributed by atoms with van der Waals surface area (Å²) in [4.78, 5) is 11.6. The van der Waals surface area contributed by atoms with Crippen LogP contribution in [0.4, 0.5) is 0 Å². The minimum Gasteiger partial charge on any atom is -0.356 e. The fourth-order valence-electron chi connectivity index (χ4n) is 1.52. The number of likely N-dealkylation sites (N-methyl/N-ethyl adjacent to an activating group) is 1. The van der Waals surface area contributed by atoms with E-state index in [-0.39, 0.29) is 11.8 Å². The first kappa shape index (κ1) is 11.8. The molecule has 0 aliphatic heterocycles. The summed E-state index contributed by atoms with van der Waals surface area (Å²) in [5.41, 5.74) is 2.39. The van der Waals surface area contributed by atoms with Crippen LogP contribution in [0.5, 0.6) is 0 Å². The van der Waals surface area contributed by atoms with Crippen molar-refractivity contribution < 1.29 is 4.79 Å². The summed E-state index contributed by atoms with van der Waals surface area (Å²) in [6.07, 6.45) is 1.04. The van der Waals surface area contributed by atoms with Crippen LogP contribution in [0.15, 0.2) is 24.3 Å². The van der Waals surface area contributed by atoms with Gasteiger partial charge in [-0.05, 0) is 31.4 Å². The van der Waals surface area contributed by atoms with Crippen LogP contribution in [-0.2, 0) is 11.2 Å². The van der Waals surface area contributed by atoms with Crippen molar-refractivity contribution in [1.82, 2.24) is 5.32 Å². The van der Waals surface area contributed by atoms with E-state index in [1.165, 1.54) is 5.56 Å². The molecule has 2 nitrogen and oxygen atoms in total. The third kappa shape index (κ3) is 3.08. The molecule has 1 unspecified atom stereocenters. The molecule has 0 heterocycles. The summed E-state index contributed by atoms with van der Waals surface area (Å²) < 4.78 is 0. The van der Waals surface area contributed by atoms with Crippen molar-refractivity contribution in [1.29, 1.82) is 0 Å². The molecule has 0 bridgehead atoms. The second-order valence-electron chi connectivity index (χ2n) is 3.71. The number of benzene rings is 1. The average Bonchev–Trinajstić information content (AvgIpc) is 2.28. The summed E-state index contributed by atoms with van der Waals surface area (Å²) in [5, 5.41) is 2.83. The Labute approximate surface area is 91.7 Å². The number of carbonyl (C=O) groups excluding carboxylic acids is 1. The van der Waals surface area contributed by atoms with Crippen molar-refractivity contribution in [2.45, 2.75) is 33.1 Å². The van der Waals surface area contributed by atoms with Crippen molar-refractivity contribution in [2.75, 3.05) is 6.54 Å². The lowest BCUT2D eigenvalue weighted by atomic mass is 9.98. The monoisotopic (exact) mass is 205 g/mol. The van der Waals surface area contributed by atoms with Crippen LogP contribution in [0.2, 0.25) is 0 Å². The Kier molecular flexibility index (Phi) is 4.35. The minimum atomic E-state index is -0.0594. The van der Waals surface area contributed by atoms with Crippen LogP contribution in [0.3, 0.4) is 0 Å². The van der Waals surface area contributed by atoms with Gasteiger partial charge in [0.1, 0.15) is 0 Å². The van der Waals surface area contributed by atoms with Crippen molar-refractivity contribution in [3.63, 3.8) is 0 Å². The maximum absolute atomic E-state index is 11.6. The van der Waals surface area contributed by atoms with Crippen LogP contribution in [0, 0.1) is 0 Å². The Morgan fingerprint density at radius 1 is 1.27 bits per heavy atom. The number of nitrogens with one attached hydrogen (secondary N) is 1. The zero-order chi connectivity index (χ0) is 11.3. The van der Waals surface area contributed by atoms with Crippen molar-refractivity contribution in [3.8, 4) is 0 Å². The van der Waals surface area contributed by atoms with E-state index < -0.39 is 0 Å². The molecule has 1 aromatic carbocycles. The molecule has 1 amide bonds. The molecular weight excluding hydrogens is 186 g/mol. The number of rotatable bonds is 4. The van der Waals surface area contributed by atoms with Crippen molar-refractivity contribution in [2.24, 2.45) is 0 Å². The lowest BCUT2D eigenvalue weighted by Gasteiger charge is -2.11. The predicted molar refractivity (Wildman–Crippen MR) is 62.9 cm³/mol. The third-order valence-corrected chi connectivity index (χ3v) is 2.63.